The minimum absolute atomic E-state index is 0.101. The highest BCUT2D eigenvalue weighted by molar-refractivity contribution is 5.97. The Hall–Kier alpha value is -3.48. The van der Waals surface area contributed by atoms with Gasteiger partial charge in [0.05, 0.1) is 11.2 Å². The Morgan fingerprint density at radius 1 is 1.15 bits per heavy atom. The summed E-state index contributed by atoms with van der Waals surface area (Å²) in [5, 5.41) is 15.4. The van der Waals surface area contributed by atoms with E-state index in [1.807, 2.05) is 52.8 Å². The first-order valence-electron chi connectivity index (χ1n) is 8.95. The normalized spacial score (nSPS) is 11.0. The molecule has 1 amide bonds. The van der Waals surface area contributed by atoms with E-state index in [0.29, 0.717) is 12.1 Å². The molecule has 7 nitrogen and oxygen atoms in total. The van der Waals surface area contributed by atoms with Crippen LogP contribution in [0, 0.1) is 0 Å². The van der Waals surface area contributed by atoms with Crippen molar-refractivity contribution >= 4 is 16.9 Å². The minimum Gasteiger partial charge on any atom is -0.352 e. The molecule has 0 atom stereocenters. The fourth-order valence-electron chi connectivity index (χ4n) is 3.01. The summed E-state index contributed by atoms with van der Waals surface area (Å²) in [6.45, 7) is 3.33. The largest absolute Gasteiger partial charge is 0.352 e. The van der Waals surface area contributed by atoms with Gasteiger partial charge in [-0.05, 0) is 55.3 Å². The molecule has 7 heteroatoms. The van der Waals surface area contributed by atoms with Crippen LogP contribution in [0.25, 0.3) is 16.7 Å². The summed E-state index contributed by atoms with van der Waals surface area (Å²) in [6, 6.07) is 15.5. The summed E-state index contributed by atoms with van der Waals surface area (Å²) >= 11 is 0. The van der Waals surface area contributed by atoms with Crippen LogP contribution in [0.4, 0.5) is 0 Å². The van der Waals surface area contributed by atoms with Crippen LogP contribution in [0.15, 0.2) is 60.9 Å². The third-order valence-corrected chi connectivity index (χ3v) is 4.48. The van der Waals surface area contributed by atoms with Gasteiger partial charge in [-0.2, -0.15) is 5.10 Å². The molecule has 0 saturated heterocycles. The van der Waals surface area contributed by atoms with Gasteiger partial charge in [-0.1, -0.05) is 17.3 Å². The highest BCUT2D eigenvalue weighted by Gasteiger charge is 2.09. The summed E-state index contributed by atoms with van der Waals surface area (Å²) in [5.41, 5.74) is 4.44. The fraction of sp³-hybridized carbons (Fsp3) is 0.200. The van der Waals surface area contributed by atoms with Gasteiger partial charge in [0.15, 0.2) is 0 Å². The number of benzene rings is 2. The Kier molecular flexibility index (Phi) is 4.65. The van der Waals surface area contributed by atoms with Crippen LogP contribution < -0.4 is 5.32 Å². The van der Waals surface area contributed by atoms with Crippen molar-refractivity contribution in [2.24, 2.45) is 0 Å². The number of hydrogen-bond donors (Lipinski definition) is 1. The topological polar surface area (TPSA) is 77.6 Å². The van der Waals surface area contributed by atoms with Gasteiger partial charge in [-0.25, -0.2) is 9.36 Å². The Morgan fingerprint density at radius 2 is 2.00 bits per heavy atom. The van der Waals surface area contributed by atoms with E-state index in [-0.39, 0.29) is 5.91 Å². The summed E-state index contributed by atoms with van der Waals surface area (Å²) in [4.78, 5) is 12.4. The molecule has 0 fully saturated rings. The first-order chi connectivity index (χ1) is 13.2. The molecule has 136 valence electrons. The van der Waals surface area contributed by atoms with Gasteiger partial charge in [-0.3, -0.25) is 4.79 Å². The zero-order valence-corrected chi connectivity index (χ0v) is 15.0. The van der Waals surface area contributed by atoms with Gasteiger partial charge < -0.3 is 5.32 Å². The molecule has 0 bridgehead atoms. The molecule has 0 aliphatic carbocycles. The van der Waals surface area contributed by atoms with Crippen LogP contribution in [0.2, 0.25) is 0 Å². The lowest BCUT2D eigenvalue weighted by Gasteiger charge is -2.07. The van der Waals surface area contributed by atoms with E-state index >= 15 is 0 Å². The predicted molar refractivity (Wildman–Crippen MR) is 103 cm³/mol. The van der Waals surface area contributed by atoms with Crippen molar-refractivity contribution < 1.29 is 4.79 Å². The highest BCUT2D eigenvalue weighted by atomic mass is 16.1. The average Bonchev–Trinajstić information content (AvgIpc) is 3.37. The van der Waals surface area contributed by atoms with Crippen molar-refractivity contribution in [3.63, 3.8) is 0 Å². The van der Waals surface area contributed by atoms with E-state index in [1.165, 1.54) is 0 Å². The molecular weight excluding hydrogens is 340 g/mol. The van der Waals surface area contributed by atoms with Gasteiger partial charge in [0.1, 0.15) is 5.52 Å². The maximum Gasteiger partial charge on any atom is 0.251 e. The number of hydrogen-bond acceptors (Lipinski definition) is 4. The molecule has 0 spiro atoms. The quantitative estimate of drug-likeness (QED) is 0.573. The Labute approximate surface area is 156 Å². The maximum atomic E-state index is 12.4. The lowest BCUT2D eigenvalue weighted by molar-refractivity contribution is 0.0954. The minimum atomic E-state index is -0.101. The number of aryl methyl sites for hydroxylation is 1. The fourth-order valence-corrected chi connectivity index (χ4v) is 3.01. The third kappa shape index (κ3) is 3.57. The summed E-state index contributed by atoms with van der Waals surface area (Å²) in [6.07, 6.45) is 4.42. The second kappa shape index (κ2) is 7.41. The molecule has 1 N–H and O–H groups in total. The summed E-state index contributed by atoms with van der Waals surface area (Å²) in [5.74, 6) is -0.101. The summed E-state index contributed by atoms with van der Waals surface area (Å²) in [7, 11) is 0. The standard InChI is InChI=1S/C20H20N6O/c1-2-25-19-9-6-16(14-18(19)23-24-25)20(27)21-12-10-15-4-7-17(8-5-15)26-13-3-11-22-26/h3-9,11,13-14H,2,10,12H2,1H3,(H,21,27). The van der Waals surface area contributed by atoms with Crippen molar-refractivity contribution in [2.45, 2.75) is 19.9 Å². The number of aromatic nitrogens is 5. The molecule has 4 rings (SSSR count). The average molecular weight is 360 g/mol. The van der Waals surface area contributed by atoms with Gasteiger partial charge in [0.2, 0.25) is 0 Å². The van der Waals surface area contributed by atoms with Crippen LogP contribution in [-0.2, 0) is 13.0 Å². The molecule has 2 heterocycles. The van der Waals surface area contributed by atoms with Crippen molar-refractivity contribution in [3.05, 3.63) is 72.1 Å². The van der Waals surface area contributed by atoms with Crippen molar-refractivity contribution in [3.8, 4) is 5.69 Å². The first-order valence-corrected chi connectivity index (χ1v) is 8.95. The van der Waals surface area contributed by atoms with E-state index in [4.69, 9.17) is 0 Å². The van der Waals surface area contributed by atoms with E-state index in [2.05, 4.69) is 32.9 Å². The number of carbonyl (C=O) groups excluding carboxylic acids is 1. The molecular formula is C20H20N6O. The van der Waals surface area contributed by atoms with Crippen LogP contribution in [-0.4, -0.2) is 37.2 Å². The van der Waals surface area contributed by atoms with Crippen molar-refractivity contribution in [1.82, 2.24) is 30.1 Å². The lowest BCUT2D eigenvalue weighted by Crippen LogP contribution is -2.25. The lowest BCUT2D eigenvalue weighted by atomic mass is 10.1. The second-order valence-electron chi connectivity index (χ2n) is 6.23. The smallest absolute Gasteiger partial charge is 0.251 e. The zero-order valence-electron chi connectivity index (χ0n) is 15.0. The Balaban J connectivity index is 1.35. The Morgan fingerprint density at radius 3 is 2.74 bits per heavy atom. The number of rotatable bonds is 6. The van der Waals surface area contributed by atoms with Gasteiger partial charge in [0.25, 0.3) is 5.91 Å². The first kappa shape index (κ1) is 17.0. The number of nitrogens with one attached hydrogen (secondary N) is 1. The van der Waals surface area contributed by atoms with Crippen molar-refractivity contribution in [2.75, 3.05) is 6.54 Å². The van der Waals surface area contributed by atoms with Crippen molar-refractivity contribution in [1.29, 1.82) is 0 Å². The number of nitrogens with zero attached hydrogens (tertiary/aromatic N) is 5. The van der Waals surface area contributed by atoms with E-state index in [1.54, 1.807) is 12.3 Å². The van der Waals surface area contributed by atoms with Crippen LogP contribution in [0.3, 0.4) is 0 Å². The molecule has 0 unspecified atom stereocenters. The van der Waals surface area contributed by atoms with Crippen LogP contribution >= 0.6 is 0 Å². The van der Waals surface area contributed by atoms with E-state index < -0.39 is 0 Å². The molecule has 0 radical (unpaired) electrons. The monoisotopic (exact) mass is 360 g/mol. The molecule has 27 heavy (non-hydrogen) atoms. The second-order valence-corrected chi connectivity index (χ2v) is 6.23. The third-order valence-electron chi connectivity index (χ3n) is 4.48. The number of fused-ring (bicyclic) bond motifs is 1. The molecule has 2 aromatic carbocycles. The Bertz CT molecular complexity index is 1050. The van der Waals surface area contributed by atoms with E-state index in [9.17, 15) is 4.79 Å². The number of carbonyl (C=O) groups is 1. The summed E-state index contributed by atoms with van der Waals surface area (Å²) < 4.78 is 3.63. The van der Waals surface area contributed by atoms with Crippen LogP contribution in [0.1, 0.15) is 22.8 Å². The maximum absolute atomic E-state index is 12.4. The van der Waals surface area contributed by atoms with Gasteiger partial charge in [-0.15, -0.1) is 5.10 Å². The highest BCUT2D eigenvalue weighted by Crippen LogP contribution is 2.13. The molecule has 4 aromatic rings. The molecule has 0 aliphatic heterocycles. The zero-order chi connectivity index (χ0) is 18.6. The van der Waals surface area contributed by atoms with Gasteiger partial charge >= 0.3 is 0 Å². The number of amides is 1. The molecule has 0 saturated carbocycles. The van der Waals surface area contributed by atoms with Crippen LogP contribution in [0.5, 0.6) is 0 Å². The van der Waals surface area contributed by atoms with Gasteiger partial charge in [0, 0.05) is 31.0 Å². The predicted octanol–water partition coefficient (Wildman–Crippen LogP) is 2.61. The van der Waals surface area contributed by atoms with E-state index in [0.717, 1.165) is 35.2 Å². The molecule has 0 aliphatic rings. The molecule has 2 aromatic heterocycles. The SMILES string of the molecule is CCn1nnc2cc(C(=O)NCCc3ccc(-n4cccn4)cc3)ccc21.